The Morgan fingerprint density at radius 1 is 1.29 bits per heavy atom. The zero-order valence-electron chi connectivity index (χ0n) is 12.4. The summed E-state index contributed by atoms with van der Waals surface area (Å²) >= 11 is 0. The SMILES string of the molecule is COc1ncc(C23CCC(COC(C)=O)(CC2)CO3)cn1. The lowest BCUT2D eigenvalue weighted by Crippen LogP contribution is -2.51. The van der Waals surface area contributed by atoms with Crippen molar-refractivity contribution in [1.29, 1.82) is 0 Å². The average Bonchev–Trinajstić information content (AvgIpc) is 2.55. The Morgan fingerprint density at radius 3 is 2.43 bits per heavy atom. The Hall–Kier alpha value is -1.69. The number of ether oxygens (including phenoxy) is 3. The second-order valence-corrected chi connectivity index (χ2v) is 6.02. The molecule has 2 saturated heterocycles. The molecule has 0 unspecified atom stereocenters. The highest BCUT2D eigenvalue weighted by molar-refractivity contribution is 5.65. The van der Waals surface area contributed by atoms with Crippen molar-refractivity contribution in [3.63, 3.8) is 0 Å². The fourth-order valence-corrected chi connectivity index (χ4v) is 3.23. The first-order chi connectivity index (χ1) is 10.1. The van der Waals surface area contributed by atoms with Crippen molar-refractivity contribution in [3.05, 3.63) is 18.0 Å². The minimum Gasteiger partial charge on any atom is -0.467 e. The monoisotopic (exact) mass is 292 g/mol. The van der Waals surface area contributed by atoms with E-state index < -0.39 is 0 Å². The molecule has 0 aromatic carbocycles. The van der Waals surface area contributed by atoms with Gasteiger partial charge in [0.25, 0.3) is 0 Å². The number of esters is 1. The van der Waals surface area contributed by atoms with Crippen LogP contribution in [0.3, 0.4) is 0 Å². The summed E-state index contributed by atoms with van der Waals surface area (Å²) in [4.78, 5) is 19.4. The van der Waals surface area contributed by atoms with Gasteiger partial charge in [-0.3, -0.25) is 4.79 Å². The minimum atomic E-state index is -0.287. The molecular formula is C15H20N2O4. The number of hydrogen-bond acceptors (Lipinski definition) is 6. The summed E-state index contributed by atoms with van der Waals surface area (Å²) in [6, 6.07) is 0.367. The van der Waals surface area contributed by atoms with Gasteiger partial charge in [0.2, 0.25) is 0 Å². The van der Waals surface area contributed by atoms with Crippen molar-refractivity contribution in [2.75, 3.05) is 20.3 Å². The molecule has 1 aliphatic carbocycles. The Labute approximate surface area is 123 Å². The van der Waals surface area contributed by atoms with E-state index in [4.69, 9.17) is 14.2 Å². The smallest absolute Gasteiger partial charge is 0.316 e. The van der Waals surface area contributed by atoms with Crippen LogP contribution in [0.1, 0.15) is 38.2 Å². The molecule has 1 aromatic rings. The number of methoxy groups -OCH3 is 1. The van der Waals surface area contributed by atoms with Crippen molar-refractivity contribution in [1.82, 2.24) is 9.97 Å². The summed E-state index contributed by atoms with van der Waals surface area (Å²) in [5.74, 6) is -0.227. The molecule has 1 aromatic heterocycles. The fourth-order valence-electron chi connectivity index (χ4n) is 3.23. The summed E-state index contributed by atoms with van der Waals surface area (Å²) in [5.41, 5.74) is 0.703. The van der Waals surface area contributed by atoms with Crippen LogP contribution in [0.15, 0.2) is 12.4 Å². The number of carbonyl (C=O) groups excluding carboxylic acids is 1. The molecule has 0 amide bonds. The molecule has 1 saturated carbocycles. The molecule has 6 heteroatoms. The first-order valence-electron chi connectivity index (χ1n) is 7.21. The van der Waals surface area contributed by atoms with Gasteiger partial charge in [-0.25, -0.2) is 9.97 Å². The largest absolute Gasteiger partial charge is 0.467 e. The molecule has 3 aliphatic rings. The van der Waals surface area contributed by atoms with E-state index in [2.05, 4.69) is 9.97 Å². The summed E-state index contributed by atoms with van der Waals surface area (Å²) in [6.07, 6.45) is 7.37. The van der Waals surface area contributed by atoms with Crippen molar-refractivity contribution >= 4 is 5.97 Å². The van der Waals surface area contributed by atoms with E-state index in [1.165, 1.54) is 6.92 Å². The van der Waals surface area contributed by atoms with Crippen molar-refractivity contribution < 1.29 is 19.0 Å². The highest BCUT2D eigenvalue weighted by atomic mass is 16.5. The van der Waals surface area contributed by atoms with E-state index in [1.54, 1.807) is 19.5 Å². The maximum atomic E-state index is 11.0. The summed E-state index contributed by atoms with van der Waals surface area (Å²) in [6.45, 7) is 2.52. The third-order valence-corrected chi connectivity index (χ3v) is 4.69. The van der Waals surface area contributed by atoms with Crippen LogP contribution in [-0.2, 0) is 19.9 Å². The molecule has 0 radical (unpaired) electrons. The van der Waals surface area contributed by atoms with Gasteiger partial charge >= 0.3 is 12.0 Å². The van der Waals surface area contributed by atoms with E-state index in [0.29, 0.717) is 19.2 Å². The van der Waals surface area contributed by atoms with Crippen LogP contribution in [0.2, 0.25) is 0 Å². The normalized spacial score (nSPS) is 31.0. The van der Waals surface area contributed by atoms with Crippen molar-refractivity contribution in [2.24, 2.45) is 5.41 Å². The topological polar surface area (TPSA) is 70.5 Å². The Balaban J connectivity index is 1.71. The van der Waals surface area contributed by atoms with Crippen LogP contribution < -0.4 is 4.74 Å². The summed E-state index contributed by atoms with van der Waals surface area (Å²) in [7, 11) is 1.55. The van der Waals surface area contributed by atoms with Crippen molar-refractivity contribution in [2.45, 2.75) is 38.2 Å². The predicted molar refractivity (Wildman–Crippen MR) is 73.7 cm³/mol. The lowest BCUT2D eigenvalue weighted by molar-refractivity contribution is -0.205. The van der Waals surface area contributed by atoms with Crippen LogP contribution in [0.25, 0.3) is 0 Å². The number of aromatic nitrogens is 2. The molecular weight excluding hydrogens is 272 g/mol. The minimum absolute atomic E-state index is 0.0131. The molecule has 0 atom stereocenters. The van der Waals surface area contributed by atoms with Gasteiger partial charge in [0.1, 0.15) is 0 Å². The van der Waals surface area contributed by atoms with Gasteiger partial charge in [0.05, 0.1) is 25.9 Å². The van der Waals surface area contributed by atoms with Crippen LogP contribution >= 0.6 is 0 Å². The first-order valence-corrected chi connectivity index (χ1v) is 7.21. The average molecular weight is 292 g/mol. The Kier molecular flexibility index (Phi) is 3.57. The second kappa shape index (κ2) is 5.26. The van der Waals surface area contributed by atoms with E-state index in [-0.39, 0.29) is 17.0 Å². The van der Waals surface area contributed by atoms with Crippen LogP contribution in [-0.4, -0.2) is 36.3 Å². The number of rotatable bonds is 4. The standard InChI is InChI=1S/C15H20N2O4/c1-11(18)20-9-14-3-5-15(6-4-14,21-10-14)12-7-16-13(19-2)17-8-12/h7-8H,3-6,9-10H2,1-2H3. The highest BCUT2D eigenvalue weighted by Crippen LogP contribution is 2.53. The van der Waals surface area contributed by atoms with Gasteiger partial charge in [0, 0.05) is 30.3 Å². The molecule has 2 bridgehead atoms. The van der Waals surface area contributed by atoms with E-state index in [9.17, 15) is 4.79 Å². The maximum Gasteiger partial charge on any atom is 0.316 e. The quantitative estimate of drug-likeness (QED) is 0.789. The maximum absolute atomic E-state index is 11.0. The molecule has 6 nitrogen and oxygen atoms in total. The van der Waals surface area contributed by atoms with Gasteiger partial charge in [-0.2, -0.15) is 0 Å². The molecule has 0 N–H and O–H groups in total. The van der Waals surface area contributed by atoms with Crippen LogP contribution in [0.5, 0.6) is 6.01 Å². The third kappa shape index (κ3) is 2.60. The molecule has 4 rings (SSSR count). The molecule has 2 aliphatic heterocycles. The Bertz CT molecular complexity index is 504. The van der Waals surface area contributed by atoms with Crippen LogP contribution in [0, 0.1) is 5.41 Å². The second-order valence-electron chi connectivity index (χ2n) is 6.02. The zero-order valence-corrected chi connectivity index (χ0v) is 12.4. The Morgan fingerprint density at radius 2 is 1.95 bits per heavy atom. The molecule has 21 heavy (non-hydrogen) atoms. The number of hydrogen-bond donors (Lipinski definition) is 0. The first kappa shape index (κ1) is 14.3. The number of nitrogens with zero attached hydrogens (tertiary/aromatic N) is 2. The summed E-state index contributed by atoms with van der Waals surface area (Å²) in [5, 5.41) is 0. The number of carbonyl (C=O) groups is 1. The van der Waals surface area contributed by atoms with Gasteiger partial charge in [-0.05, 0) is 25.7 Å². The predicted octanol–water partition coefficient (Wildman–Crippen LogP) is 1.83. The van der Waals surface area contributed by atoms with E-state index >= 15 is 0 Å². The lowest BCUT2D eigenvalue weighted by atomic mass is 9.65. The fraction of sp³-hybridized carbons (Fsp3) is 0.667. The van der Waals surface area contributed by atoms with E-state index in [1.807, 2.05) is 0 Å². The molecule has 3 heterocycles. The van der Waals surface area contributed by atoms with Gasteiger partial charge in [-0.15, -0.1) is 0 Å². The highest BCUT2D eigenvalue weighted by Gasteiger charge is 2.51. The van der Waals surface area contributed by atoms with Crippen molar-refractivity contribution in [3.8, 4) is 6.01 Å². The van der Waals surface area contributed by atoms with Gasteiger partial charge in [-0.1, -0.05) is 0 Å². The zero-order chi connectivity index (χ0) is 14.9. The lowest BCUT2D eigenvalue weighted by Gasteiger charge is -2.52. The van der Waals surface area contributed by atoms with Gasteiger partial charge < -0.3 is 14.2 Å². The summed E-state index contributed by atoms with van der Waals surface area (Å²) < 4.78 is 16.3. The molecule has 3 fully saturated rings. The third-order valence-electron chi connectivity index (χ3n) is 4.69. The molecule has 0 spiro atoms. The van der Waals surface area contributed by atoms with Crippen LogP contribution in [0.4, 0.5) is 0 Å². The van der Waals surface area contributed by atoms with Gasteiger partial charge in [0.15, 0.2) is 0 Å². The van der Waals surface area contributed by atoms with E-state index in [0.717, 1.165) is 31.2 Å². The molecule has 114 valence electrons. The number of fused-ring (bicyclic) bond motifs is 3.